The van der Waals surface area contributed by atoms with Gasteiger partial charge in [-0.15, -0.1) is 0 Å². The molecule has 2 aromatic heterocycles. The fraction of sp³-hybridized carbons (Fsp3) is 0.609. The molecular formula is C23H34N6O. The van der Waals surface area contributed by atoms with Crippen molar-refractivity contribution in [1.29, 1.82) is 0 Å². The minimum absolute atomic E-state index is 0.0976. The molecule has 1 amide bonds. The first-order valence-electron chi connectivity index (χ1n) is 11.4. The van der Waals surface area contributed by atoms with E-state index in [9.17, 15) is 4.79 Å². The van der Waals surface area contributed by atoms with E-state index in [1.54, 1.807) is 6.20 Å². The Morgan fingerprint density at radius 2 is 2.07 bits per heavy atom. The molecule has 2 saturated heterocycles. The number of nitrogens with one attached hydrogen (secondary N) is 1. The maximum atomic E-state index is 12.7. The Morgan fingerprint density at radius 3 is 2.80 bits per heavy atom. The number of hydrogen-bond acceptors (Lipinski definition) is 5. The van der Waals surface area contributed by atoms with Gasteiger partial charge in [0, 0.05) is 43.6 Å². The smallest absolute Gasteiger partial charge is 0.224 e. The van der Waals surface area contributed by atoms with Crippen LogP contribution in [0.2, 0.25) is 0 Å². The van der Waals surface area contributed by atoms with Crippen LogP contribution >= 0.6 is 0 Å². The standard InChI is InChI=1S/C23H34N6O/c1-2-29-17-19(14-26-29)16-27-12-8-22(9-13-27)28-11-5-6-20(18-28)23(30)25-15-21-7-3-4-10-24-21/h3-4,7,10,14,17,20,22H,2,5-6,8-9,11-13,15-16,18H2,1H3,(H,25,30)/t20-/m1/s1. The van der Waals surface area contributed by atoms with Gasteiger partial charge in [-0.3, -0.25) is 24.3 Å². The van der Waals surface area contributed by atoms with Gasteiger partial charge in [0.25, 0.3) is 0 Å². The number of hydrogen-bond donors (Lipinski definition) is 1. The summed E-state index contributed by atoms with van der Waals surface area (Å²) < 4.78 is 1.99. The molecule has 2 fully saturated rings. The van der Waals surface area contributed by atoms with Gasteiger partial charge >= 0.3 is 0 Å². The minimum atomic E-state index is 0.0976. The maximum absolute atomic E-state index is 12.7. The second-order valence-corrected chi connectivity index (χ2v) is 8.58. The molecule has 2 aliphatic heterocycles. The summed E-state index contributed by atoms with van der Waals surface area (Å²) in [4.78, 5) is 22.1. The van der Waals surface area contributed by atoms with Crippen molar-refractivity contribution in [3.8, 4) is 0 Å². The summed E-state index contributed by atoms with van der Waals surface area (Å²) >= 11 is 0. The van der Waals surface area contributed by atoms with E-state index in [-0.39, 0.29) is 11.8 Å². The van der Waals surface area contributed by atoms with E-state index in [2.05, 4.69) is 38.3 Å². The number of likely N-dealkylation sites (tertiary alicyclic amines) is 2. The van der Waals surface area contributed by atoms with Gasteiger partial charge in [0.2, 0.25) is 5.91 Å². The average Bonchev–Trinajstić information content (AvgIpc) is 3.26. The lowest BCUT2D eigenvalue weighted by Crippen LogP contribution is -2.50. The molecule has 162 valence electrons. The van der Waals surface area contributed by atoms with Crippen molar-refractivity contribution in [1.82, 2.24) is 29.9 Å². The van der Waals surface area contributed by atoms with E-state index in [1.165, 1.54) is 18.4 Å². The third-order valence-electron chi connectivity index (χ3n) is 6.48. The number of piperidine rings is 2. The average molecular weight is 411 g/mol. The summed E-state index contributed by atoms with van der Waals surface area (Å²) in [6.45, 7) is 8.80. The van der Waals surface area contributed by atoms with Gasteiger partial charge in [0.15, 0.2) is 0 Å². The quantitative estimate of drug-likeness (QED) is 0.759. The number of aryl methyl sites for hydroxylation is 1. The van der Waals surface area contributed by atoms with E-state index in [1.807, 2.05) is 29.1 Å². The molecule has 2 aromatic rings. The van der Waals surface area contributed by atoms with Crippen LogP contribution in [0.3, 0.4) is 0 Å². The molecule has 0 bridgehead atoms. The van der Waals surface area contributed by atoms with E-state index >= 15 is 0 Å². The summed E-state index contributed by atoms with van der Waals surface area (Å²) in [5, 5.41) is 7.48. The van der Waals surface area contributed by atoms with E-state index in [0.717, 1.165) is 57.8 Å². The number of aromatic nitrogens is 3. The van der Waals surface area contributed by atoms with Gasteiger partial charge in [-0.1, -0.05) is 6.07 Å². The van der Waals surface area contributed by atoms with Crippen molar-refractivity contribution in [2.45, 2.75) is 58.3 Å². The predicted molar refractivity (Wildman–Crippen MR) is 117 cm³/mol. The predicted octanol–water partition coefficient (Wildman–Crippen LogP) is 2.29. The van der Waals surface area contributed by atoms with E-state index in [4.69, 9.17) is 0 Å². The molecule has 0 aliphatic carbocycles. The molecule has 0 aromatic carbocycles. The van der Waals surface area contributed by atoms with Gasteiger partial charge in [-0.2, -0.15) is 5.10 Å². The van der Waals surface area contributed by atoms with Crippen molar-refractivity contribution < 1.29 is 4.79 Å². The van der Waals surface area contributed by atoms with Crippen LogP contribution in [0.1, 0.15) is 43.9 Å². The highest BCUT2D eigenvalue weighted by molar-refractivity contribution is 5.78. The third-order valence-corrected chi connectivity index (χ3v) is 6.48. The van der Waals surface area contributed by atoms with Gasteiger partial charge < -0.3 is 5.32 Å². The molecular weight excluding hydrogens is 376 g/mol. The summed E-state index contributed by atoms with van der Waals surface area (Å²) in [5.74, 6) is 0.274. The Hall–Kier alpha value is -2.25. The number of rotatable bonds is 7. The lowest BCUT2D eigenvalue weighted by atomic mass is 9.93. The zero-order chi connectivity index (χ0) is 20.8. The van der Waals surface area contributed by atoms with Crippen molar-refractivity contribution in [2.75, 3.05) is 26.2 Å². The highest BCUT2D eigenvalue weighted by Crippen LogP contribution is 2.24. The van der Waals surface area contributed by atoms with Gasteiger partial charge in [-0.05, 0) is 64.4 Å². The Bertz CT molecular complexity index is 799. The number of carbonyl (C=O) groups excluding carboxylic acids is 1. The molecule has 1 atom stereocenters. The van der Waals surface area contributed by atoms with Gasteiger partial charge in [-0.25, -0.2) is 0 Å². The molecule has 2 aliphatic rings. The van der Waals surface area contributed by atoms with Gasteiger partial charge in [0.1, 0.15) is 0 Å². The lowest BCUT2D eigenvalue weighted by Gasteiger charge is -2.42. The summed E-state index contributed by atoms with van der Waals surface area (Å²) in [7, 11) is 0. The monoisotopic (exact) mass is 410 g/mol. The van der Waals surface area contributed by atoms with Gasteiger partial charge in [0.05, 0.1) is 24.4 Å². The third kappa shape index (κ3) is 5.46. The molecule has 0 radical (unpaired) electrons. The van der Waals surface area contributed by atoms with Crippen molar-refractivity contribution >= 4 is 5.91 Å². The van der Waals surface area contributed by atoms with Crippen molar-refractivity contribution in [3.05, 3.63) is 48.0 Å². The Kier molecular flexibility index (Phi) is 7.12. The SMILES string of the molecule is CCn1cc(CN2CCC(N3CCC[C@@H](C(=O)NCc4ccccn4)C3)CC2)cn1. The summed E-state index contributed by atoms with van der Waals surface area (Å²) in [5.41, 5.74) is 2.22. The Morgan fingerprint density at radius 1 is 1.20 bits per heavy atom. The van der Waals surface area contributed by atoms with E-state index in [0.29, 0.717) is 12.6 Å². The highest BCUT2D eigenvalue weighted by Gasteiger charge is 2.31. The first-order valence-corrected chi connectivity index (χ1v) is 11.4. The molecule has 7 heteroatoms. The molecule has 1 N–H and O–H groups in total. The zero-order valence-corrected chi connectivity index (χ0v) is 18.0. The molecule has 30 heavy (non-hydrogen) atoms. The van der Waals surface area contributed by atoms with Crippen LogP contribution in [0.5, 0.6) is 0 Å². The number of amides is 1. The number of carbonyl (C=O) groups is 1. The fourth-order valence-corrected chi connectivity index (χ4v) is 4.74. The first-order chi connectivity index (χ1) is 14.7. The Balaban J connectivity index is 1.22. The fourth-order valence-electron chi connectivity index (χ4n) is 4.74. The largest absolute Gasteiger partial charge is 0.350 e. The molecule has 0 unspecified atom stereocenters. The highest BCUT2D eigenvalue weighted by atomic mass is 16.1. The van der Waals surface area contributed by atoms with Crippen LogP contribution in [0, 0.1) is 5.92 Å². The molecule has 0 spiro atoms. The van der Waals surface area contributed by atoms with Crippen LogP contribution < -0.4 is 5.32 Å². The second-order valence-electron chi connectivity index (χ2n) is 8.58. The zero-order valence-electron chi connectivity index (χ0n) is 18.0. The van der Waals surface area contributed by atoms with Crippen LogP contribution in [0.25, 0.3) is 0 Å². The maximum Gasteiger partial charge on any atom is 0.224 e. The van der Waals surface area contributed by atoms with E-state index < -0.39 is 0 Å². The summed E-state index contributed by atoms with van der Waals surface area (Å²) in [6, 6.07) is 6.41. The van der Waals surface area contributed by atoms with Crippen molar-refractivity contribution in [3.63, 3.8) is 0 Å². The van der Waals surface area contributed by atoms with Crippen molar-refractivity contribution in [2.24, 2.45) is 5.92 Å². The van der Waals surface area contributed by atoms with Crippen LogP contribution in [0.4, 0.5) is 0 Å². The van der Waals surface area contributed by atoms with Crippen LogP contribution in [-0.2, 0) is 24.4 Å². The molecule has 4 heterocycles. The van der Waals surface area contributed by atoms with Crippen LogP contribution in [-0.4, -0.2) is 62.7 Å². The lowest BCUT2D eigenvalue weighted by molar-refractivity contribution is -0.127. The topological polar surface area (TPSA) is 66.3 Å². The minimum Gasteiger partial charge on any atom is -0.350 e. The molecule has 4 rings (SSSR count). The number of pyridine rings is 1. The van der Waals surface area contributed by atoms with Crippen LogP contribution in [0.15, 0.2) is 36.8 Å². The normalized spacial score (nSPS) is 21.6. The molecule has 0 saturated carbocycles. The molecule has 7 nitrogen and oxygen atoms in total. The second kappa shape index (κ2) is 10.2. The summed E-state index contributed by atoms with van der Waals surface area (Å²) in [6.07, 6.45) is 10.4. The Labute approximate surface area is 179 Å². The number of nitrogens with zero attached hydrogens (tertiary/aromatic N) is 5. The first kappa shape index (κ1) is 21.0.